The molecule has 0 saturated carbocycles. The average Bonchev–Trinajstić information content (AvgIpc) is 3.36. The molecule has 0 bridgehead atoms. The molecule has 0 saturated heterocycles. The lowest BCUT2D eigenvalue weighted by atomic mass is 10.1. The summed E-state index contributed by atoms with van der Waals surface area (Å²) in [6.45, 7) is 0.467. The van der Waals surface area contributed by atoms with Gasteiger partial charge < -0.3 is 19.2 Å². The second kappa shape index (κ2) is 10.8. The smallest absolute Gasteiger partial charge is 0.243 e. The number of sulfonamides is 1. The van der Waals surface area contributed by atoms with Crippen LogP contribution in [0.2, 0.25) is 0 Å². The third-order valence-corrected chi connectivity index (χ3v) is 8.61. The SMILES string of the molecule is COc1ccc2[nH]cc(CCN(Cc3ccc(OC)c(OC)c3)S(=O)(=O)c3ccc4ccccc4c3)c2c1. The zero-order valence-corrected chi connectivity index (χ0v) is 22.4. The van der Waals surface area contributed by atoms with Crippen molar-refractivity contribution >= 4 is 31.7 Å². The van der Waals surface area contributed by atoms with Crippen molar-refractivity contribution in [2.24, 2.45) is 0 Å². The minimum Gasteiger partial charge on any atom is -0.497 e. The summed E-state index contributed by atoms with van der Waals surface area (Å²) in [5, 5.41) is 2.88. The fraction of sp³-hybridized carbons (Fsp3) is 0.200. The summed E-state index contributed by atoms with van der Waals surface area (Å²) in [4.78, 5) is 3.54. The Morgan fingerprint density at radius 3 is 2.34 bits per heavy atom. The number of H-pyrrole nitrogens is 1. The number of ether oxygens (including phenoxy) is 3. The maximum absolute atomic E-state index is 14.0. The highest BCUT2D eigenvalue weighted by molar-refractivity contribution is 7.89. The Morgan fingerprint density at radius 1 is 0.789 bits per heavy atom. The molecule has 0 aliphatic rings. The highest BCUT2D eigenvalue weighted by Gasteiger charge is 2.26. The summed E-state index contributed by atoms with van der Waals surface area (Å²) in [7, 11) is 0.954. The minimum atomic E-state index is -3.82. The first-order valence-corrected chi connectivity index (χ1v) is 13.7. The molecular formula is C30H30N2O5S. The second-order valence-corrected chi connectivity index (χ2v) is 11.0. The molecule has 0 spiro atoms. The Labute approximate surface area is 222 Å². The van der Waals surface area contributed by atoms with Crippen molar-refractivity contribution in [3.8, 4) is 17.2 Å². The largest absolute Gasteiger partial charge is 0.497 e. The van der Waals surface area contributed by atoms with E-state index >= 15 is 0 Å². The van der Waals surface area contributed by atoms with E-state index in [9.17, 15) is 8.42 Å². The van der Waals surface area contributed by atoms with E-state index in [0.29, 0.717) is 17.9 Å². The van der Waals surface area contributed by atoms with Crippen molar-refractivity contribution in [2.75, 3.05) is 27.9 Å². The summed E-state index contributed by atoms with van der Waals surface area (Å²) >= 11 is 0. The van der Waals surface area contributed by atoms with Crippen LogP contribution in [0.15, 0.2) is 90.0 Å². The van der Waals surface area contributed by atoms with Crippen LogP contribution in [0, 0.1) is 0 Å². The van der Waals surface area contributed by atoms with Gasteiger partial charge in [0.2, 0.25) is 10.0 Å². The first-order valence-electron chi connectivity index (χ1n) is 12.3. The normalized spacial score (nSPS) is 11.8. The van der Waals surface area contributed by atoms with Crippen LogP contribution in [-0.4, -0.2) is 45.6 Å². The summed E-state index contributed by atoms with van der Waals surface area (Å²) in [6, 6.07) is 24.3. The van der Waals surface area contributed by atoms with Gasteiger partial charge in [0.15, 0.2) is 11.5 Å². The van der Waals surface area contributed by atoms with Gasteiger partial charge in [-0.05, 0) is 70.8 Å². The molecule has 0 radical (unpaired) electrons. The zero-order valence-electron chi connectivity index (χ0n) is 21.6. The average molecular weight is 531 g/mol. The fourth-order valence-corrected chi connectivity index (χ4v) is 6.14. The Balaban J connectivity index is 1.51. The maximum atomic E-state index is 14.0. The van der Waals surface area contributed by atoms with Gasteiger partial charge in [-0.1, -0.05) is 36.4 Å². The van der Waals surface area contributed by atoms with Crippen molar-refractivity contribution in [3.63, 3.8) is 0 Å². The number of aromatic nitrogens is 1. The minimum absolute atomic E-state index is 0.182. The topological polar surface area (TPSA) is 80.9 Å². The fourth-order valence-electron chi connectivity index (χ4n) is 4.68. The van der Waals surface area contributed by atoms with E-state index < -0.39 is 10.0 Å². The first-order chi connectivity index (χ1) is 18.4. The third kappa shape index (κ3) is 5.05. The van der Waals surface area contributed by atoms with E-state index in [1.807, 2.05) is 66.9 Å². The van der Waals surface area contributed by atoms with Crippen LogP contribution in [0.4, 0.5) is 0 Å². The number of nitrogens with zero attached hydrogens (tertiary/aromatic N) is 1. The van der Waals surface area contributed by atoms with E-state index in [4.69, 9.17) is 14.2 Å². The molecule has 0 atom stereocenters. The highest BCUT2D eigenvalue weighted by Crippen LogP contribution is 2.30. The van der Waals surface area contributed by atoms with Crippen molar-refractivity contribution in [1.29, 1.82) is 0 Å². The standard InChI is InChI=1S/C30H30N2O5S/c1-35-25-10-12-28-27(18-25)24(19-31-28)14-15-32(20-21-8-13-29(36-2)30(16-21)37-3)38(33,34)26-11-9-22-6-4-5-7-23(22)17-26/h4-13,16-19,31H,14-15,20H2,1-3H3. The van der Waals surface area contributed by atoms with E-state index in [-0.39, 0.29) is 18.0 Å². The monoisotopic (exact) mass is 530 g/mol. The molecule has 0 amide bonds. The molecule has 0 fully saturated rings. The molecule has 5 rings (SSSR count). The highest BCUT2D eigenvalue weighted by atomic mass is 32.2. The molecule has 196 valence electrons. The van der Waals surface area contributed by atoms with Crippen molar-refractivity contribution in [2.45, 2.75) is 17.9 Å². The number of methoxy groups -OCH3 is 3. The van der Waals surface area contributed by atoms with Gasteiger partial charge in [0.25, 0.3) is 0 Å². The van der Waals surface area contributed by atoms with Gasteiger partial charge in [-0.3, -0.25) is 0 Å². The molecule has 38 heavy (non-hydrogen) atoms. The first kappa shape index (κ1) is 25.6. The number of nitrogens with one attached hydrogen (secondary N) is 1. The molecule has 4 aromatic carbocycles. The molecule has 5 aromatic rings. The Bertz CT molecular complexity index is 1690. The van der Waals surface area contributed by atoms with E-state index in [1.54, 1.807) is 39.5 Å². The van der Waals surface area contributed by atoms with Crippen LogP contribution in [0.1, 0.15) is 11.1 Å². The van der Waals surface area contributed by atoms with Gasteiger partial charge in [-0.15, -0.1) is 0 Å². The quantitative estimate of drug-likeness (QED) is 0.248. The Kier molecular flexibility index (Phi) is 7.26. The molecule has 1 heterocycles. The predicted molar refractivity (Wildman–Crippen MR) is 150 cm³/mol. The third-order valence-electron chi connectivity index (χ3n) is 6.77. The van der Waals surface area contributed by atoms with Crippen LogP contribution in [0.3, 0.4) is 0 Å². The summed E-state index contributed by atoms with van der Waals surface area (Å²) in [5.74, 6) is 1.90. The molecule has 1 N–H and O–H groups in total. The zero-order chi connectivity index (χ0) is 26.7. The number of benzene rings is 4. The lowest BCUT2D eigenvalue weighted by Crippen LogP contribution is -2.32. The second-order valence-electron chi connectivity index (χ2n) is 9.01. The van der Waals surface area contributed by atoms with E-state index in [2.05, 4.69) is 4.98 Å². The van der Waals surface area contributed by atoms with Crippen LogP contribution in [0.5, 0.6) is 17.2 Å². The van der Waals surface area contributed by atoms with Crippen molar-refractivity contribution in [3.05, 3.63) is 96.2 Å². The maximum Gasteiger partial charge on any atom is 0.243 e. The Hall–Kier alpha value is -4.01. The van der Waals surface area contributed by atoms with Gasteiger partial charge in [0.1, 0.15) is 5.75 Å². The molecular weight excluding hydrogens is 500 g/mol. The van der Waals surface area contributed by atoms with Crippen LogP contribution < -0.4 is 14.2 Å². The molecule has 0 aliphatic carbocycles. The van der Waals surface area contributed by atoms with Crippen molar-refractivity contribution in [1.82, 2.24) is 9.29 Å². The molecule has 8 heteroatoms. The number of aromatic amines is 1. The summed E-state index contributed by atoms with van der Waals surface area (Å²) in [5.41, 5.74) is 2.79. The van der Waals surface area contributed by atoms with Crippen LogP contribution >= 0.6 is 0 Å². The molecule has 1 aromatic heterocycles. The van der Waals surface area contributed by atoms with Gasteiger partial charge in [0, 0.05) is 30.2 Å². The Morgan fingerprint density at radius 2 is 1.58 bits per heavy atom. The van der Waals surface area contributed by atoms with Gasteiger partial charge in [0.05, 0.1) is 26.2 Å². The van der Waals surface area contributed by atoms with Crippen LogP contribution in [0.25, 0.3) is 21.7 Å². The van der Waals surface area contributed by atoms with Crippen molar-refractivity contribution < 1.29 is 22.6 Å². The molecule has 0 unspecified atom stereocenters. The molecule has 0 aliphatic heterocycles. The number of hydrogen-bond acceptors (Lipinski definition) is 5. The number of hydrogen-bond donors (Lipinski definition) is 1. The van der Waals surface area contributed by atoms with E-state index in [1.165, 1.54) is 4.31 Å². The summed E-state index contributed by atoms with van der Waals surface area (Å²) < 4.78 is 45.8. The lowest BCUT2D eigenvalue weighted by molar-refractivity contribution is 0.353. The number of rotatable bonds is 10. The number of fused-ring (bicyclic) bond motifs is 2. The summed E-state index contributed by atoms with van der Waals surface area (Å²) in [6.07, 6.45) is 2.45. The lowest BCUT2D eigenvalue weighted by Gasteiger charge is -2.23. The van der Waals surface area contributed by atoms with Gasteiger partial charge in [-0.25, -0.2) is 8.42 Å². The van der Waals surface area contributed by atoms with Gasteiger partial charge in [-0.2, -0.15) is 4.31 Å². The van der Waals surface area contributed by atoms with Gasteiger partial charge >= 0.3 is 0 Å². The molecule has 7 nitrogen and oxygen atoms in total. The van der Waals surface area contributed by atoms with E-state index in [0.717, 1.165) is 38.6 Å². The van der Waals surface area contributed by atoms with Crippen LogP contribution in [-0.2, 0) is 23.0 Å². The predicted octanol–water partition coefficient (Wildman–Crippen LogP) is 5.78.